The van der Waals surface area contributed by atoms with Gasteiger partial charge in [-0.2, -0.15) is 0 Å². The molecule has 1 aromatic rings. The van der Waals surface area contributed by atoms with Crippen molar-refractivity contribution in [2.24, 2.45) is 17.8 Å². The van der Waals surface area contributed by atoms with Gasteiger partial charge < -0.3 is 9.47 Å². The van der Waals surface area contributed by atoms with Gasteiger partial charge in [0.25, 0.3) is 5.09 Å². The molecule has 6 heteroatoms. The predicted octanol–water partition coefficient (Wildman–Crippen LogP) is 3.68. The highest BCUT2D eigenvalue weighted by atomic mass is 17.0. The van der Waals surface area contributed by atoms with Crippen molar-refractivity contribution < 1.29 is 19.4 Å². The summed E-state index contributed by atoms with van der Waals surface area (Å²) in [5.41, 5.74) is 1.28. The topological polar surface area (TPSA) is 70.8 Å². The Bertz CT molecular complexity index is 436. The van der Waals surface area contributed by atoms with Crippen molar-refractivity contribution in [2.75, 3.05) is 13.6 Å². The summed E-state index contributed by atoms with van der Waals surface area (Å²) in [6.07, 6.45) is 1.04. The van der Waals surface area contributed by atoms with E-state index in [1.165, 1.54) is 5.56 Å². The summed E-state index contributed by atoms with van der Waals surface area (Å²) >= 11 is 0. The molecule has 0 saturated carbocycles. The summed E-state index contributed by atoms with van der Waals surface area (Å²) in [7, 11) is 0. The summed E-state index contributed by atoms with van der Waals surface area (Å²) in [6.45, 7) is 8.50. The van der Waals surface area contributed by atoms with Crippen LogP contribution in [0.1, 0.15) is 33.3 Å². The number of ether oxygens (including phenoxy) is 2. The Kier molecular flexibility index (Phi) is 7.66. The van der Waals surface area contributed by atoms with Crippen LogP contribution in [-0.4, -0.2) is 18.7 Å². The molecule has 6 nitrogen and oxygen atoms in total. The predicted molar refractivity (Wildman–Crippen MR) is 82.8 cm³/mol. The molecule has 0 fully saturated rings. The van der Waals surface area contributed by atoms with Crippen LogP contribution in [0.3, 0.4) is 0 Å². The van der Waals surface area contributed by atoms with E-state index in [1.807, 2.05) is 24.3 Å². The van der Waals surface area contributed by atoms with Crippen LogP contribution < -0.4 is 4.74 Å². The van der Waals surface area contributed by atoms with Crippen molar-refractivity contribution in [3.63, 3.8) is 0 Å². The Hall–Kier alpha value is -1.82. The number of hydrogen-bond acceptors (Lipinski definition) is 5. The van der Waals surface area contributed by atoms with Crippen LogP contribution in [0, 0.1) is 27.9 Å². The third kappa shape index (κ3) is 6.76. The van der Waals surface area contributed by atoms with Crippen molar-refractivity contribution >= 4 is 0 Å². The minimum Gasteiger partial charge on any atom is -0.467 e. The smallest absolute Gasteiger partial charge is 0.296 e. The summed E-state index contributed by atoms with van der Waals surface area (Å²) < 4.78 is 10.1. The zero-order valence-corrected chi connectivity index (χ0v) is 13.7. The van der Waals surface area contributed by atoms with E-state index in [1.54, 1.807) is 0 Å². The molecule has 1 aromatic carbocycles. The first-order valence-electron chi connectivity index (χ1n) is 7.47. The van der Waals surface area contributed by atoms with Crippen LogP contribution in [0.5, 0.6) is 5.75 Å². The third-order valence-corrected chi connectivity index (χ3v) is 3.66. The van der Waals surface area contributed by atoms with Gasteiger partial charge >= 0.3 is 0 Å². The lowest BCUT2D eigenvalue weighted by Crippen LogP contribution is -2.18. The van der Waals surface area contributed by atoms with Gasteiger partial charge in [0.15, 0.2) is 13.6 Å². The van der Waals surface area contributed by atoms with E-state index in [9.17, 15) is 10.1 Å². The van der Waals surface area contributed by atoms with E-state index >= 15 is 0 Å². The fraction of sp³-hybridized carbons (Fsp3) is 0.625. The molecule has 0 aliphatic carbocycles. The van der Waals surface area contributed by atoms with Crippen LogP contribution in [0.15, 0.2) is 24.3 Å². The molecule has 0 aliphatic heterocycles. The van der Waals surface area contributed by atoms with Crippen molar-refractivity contribution in [1.29, 1.82) is 0 Å². The lowest BCUT2D eigenvalue weighted by molar-refractivity contribution is -0.767. The molecule has 0 atom stereocenters. The normalized spacial score (nSPS) is 11.2. The Morgan fingerprint density at radius 3 is 2.14 bits per heavy atom. The van der Waals surface area contributed by atoms with Gasteiger partial charge in [-0.05, 0) is 41.9 Å². The fourth-order valence-electron chi connectivity index (χ4n) is 2.46. The largest absolute Gasteiger partial charge is 0.467 e. The van der Waals surface area contributed by atoms with Crippen molar-refractivity contribution in [3.05, 3.63) is 39.9 Å². The van der Waals surface area contributed by atoms with Gasteiger partial charge in [0.05, 0.1) is 0 Å². The SMILES string of the molecule is CC(C)C(Cc1ccc(OCOCO[N+](=O)[O-])cc1)C(C)C. The van der Waals surface area contributed by atoms with Gasteiger partial charge in [0, 0.05) is 0 Å². The average molecular weight is 311 g/mol. The van der Waals surface area contributed by atoms with Gasteiger partial charge in [-0.3, -0.25) is 4.84 Å². The van der Waals surface area contributed by atoms with Crippen LogP contribution in [-0.2, 0) is 16.0 Å². The molecule has 1 rings (SSSR count). The molecule has 0 aliphatic rings. The first-order valence-corrected chi connectivity index (χ1v) is 7.47. The lowest BCUT2D eigenvalue weighted by Gasteiger charge is -2.25. The molecule has 0 radical (unpaired) electrons. The summed E-state index contributed by atoms with van der Waals surface area (Å²) in [6, 6.07) is 7.84. The highest BCUT2D eigenvalue weighted by Gasteiger charge is 2.17. The van der Waals surface area contributed by atoms with Gasteiger partial charge in [0.2, 0.25) is 0 Å². The molecule has 0 heterocycles. The van der Waals surface area contributed by atoms with Crippen molar-refractivity contribution in [1.82, 2.24) is 0 Å². The Morgan fingerprint density at radius 1 is 1.05 bits per heavy atom. The van der Waals surface area contributed by atoms with Crippen LogP contribution >= 0.6 is 0 Å². The number of rotatable bonds is 10. The highest BCUT2D eigenvalue weighted by molar-refractivity contribution is 5.27. The summed E-state index contributed by atoms with van der Waals surface area (Å²) in [4.78, 5) is 13.9. The monoisotopic (exact) mass is 311 g/mol. The van der Waals surface area contributed by atoms with E-state index in [0.29, 0.717) is 23.5 Å². The number of hydrogen-bond donors (Lipinski definition) is 0. The van der Waals surface area contributed by atoms with Crippen molar-refractivity contribution in [2.45, 2.75) is 34.1 Å². The lowest BCUT2D eigenvalue weighted by atomic mass is 9.81. The maximum absolute atomic E-state index is 9.92. The van der Waals surface area contributed by atoms with E-state index in [2.05, 4.69) is 32.5 Å². The number of nitrogens with zero attached hydrogens (tertiary/aromatic N) is 1. The van der Waals surface area contributed by atoms with Gasteiger partial charge in [0.1, 0.15) is 5.75 Å². The maximum atomic E-state index is 9.92. The molecule has 0 aromatic heterocycles. The summed E-state index contributed by atoms with van der Waals surface area (Å²) in [5, 5.41) is 9.01. The zero-order chi connectivity index (χ0) is 16.5. The molecular formula is C16H25NO5. The quantitative estimate of drug-likeness (QED) is 0.285. The Balaban J connectivity index is 2.41. The standard InChI is InChI=1S/C16H25NO5/c1-12(2)16(13(3)4)9-14-5-7-15(8-6-14)21-10-20-11-22-17(18)19/h5-8,12-13,16H,9-11H2,1-4H3. The van der Waals surface area contributed by atoms with Gasteiger partial charge in [-0.1, -0.05) is 39.8 Å². The molecular weight excluding hydrogens is 286 g/mol. The van der Waals surface area contributed by atoms with E-state index in [-0.39, 0.29) is 6.79 Å². The second-order valence-electron chi connectivity index (χ2n) is 5.94. The summed E-state index contributed by atoms with van der Waals surface area (Å²) in [5.74, 6) is 2.60. The molecule has 0 amide bonds. The van der Waals surface area contributed by atoms with Crippen LogP contribution in [0.25, 0.3) is 0 Å². The van der Waals surface area contributed by atoms with E-state index in [0.717, 1.165) is 6.42 Å². The number of benzene rings is 1. The zero-order valence-electron chi connectivity index (χ0n) is 13.7. The second kappa shape index (κ2) is 9.25. The van der Waals surface area contributed by atoms with Gasteiger partial charge in [-0.15, -0.1) is 10.1 Å². The Labute approximate surface area is 131 Å². The van der Waals surface area contributed by atoms with Crippen molar-refractivity contribution in [3.8, 4) is 5.75 Å². The average Bonchev–Trinajstić information content (AvgIpc) is 2.44. The second-order valence-corrected chi connectivity index (χ2v) is 5.94. The van der Waals surface area contributed by atoms with Crippen LogP contribution in [0.4, 0.5) is 0 Å². The minimum atomic E-state index is -0.908. The molecule has 0 bridgehead atoms. The van der Waals surface area contributed by atoms with E-state index < -0.39 is 11.9 Å². The van der Waals surface area contributed by atoms with Crippen LogP contribution in [0.2, 0.25) is 0 Å². The molecule has 124 valence electrons. The Morgan fingerprint density at radius 2 is 1.64 bits per heavy atom. The third-order valence-electron chi connectivity index (χ3n) is 3.66. The molecule has 0 unspecified atom stereocenters. The first kappa shape index (κ1) is 18.2. The minimum absolute atomic E-state index is 0.0895. The maximum Gasteiger partial charge on any atom is 0.296 e. The molecule has 0 spiro atoms. The molecule has 22 heavy (non-hydrogen) atoms. The first-order chi connectivity index (χ1) is 10.4. The fourth-order valence-corrected chi connectivity index (χ4v) is 2.46. The molecule has 0 saturated heterocycles. The highest BCUT2D eigenvalue weighted by Crippen LogP contribution is 2.25. The van der Waals surface area contributed by atoms with Gasteiger partial charge in [-0.25, -0.2) is 0 Å². The van der Waals surface area contributed by atoms with E-state index in [4.69, 9.17) is 9.47 Å². The molecule has 0 N–H and O–H groups in total.